The van der Waals surface area contributed by atoms with Gasteiger partial charge in [0.15, 0.2) is 5.70 Å². The number of hydrogen-bond acceptors (Lipinski definition) is 6. The number of rotatable bonds is 4. The second kappa shape index (κ2) is 7.14. The summed E-state index contributed by atoms with van der Waals surface area (Å²) in [5.74, 6) is -2.61. The zero-order valence-corrected chi connectivity index (χ0v) is 15.1. The lowest BCUT2D eigenvalue weighted by molar-refractivity contribution is -0.153. The standard InChI is InChI=1S/C11H10Cl4N2O5S/c12-1-5(19)16-6-8(20)17-7(4(18)2-23-9(6)17)10(21)22-3-11(13,14)15/h6,9,18H,1-3H2,(H,16,19)/t6?,9-/m0/s1. The van der Waals surface area contributed by atoms with Gasteiger partial charge in [0, 0.05) is 0 Å². The van der Waals surface area contributed by atoms with Gasteiger partial charge in [-0.3, -0.25) is 14.5 Å². The van der Waals surface area contributed by atoms with Crippen LogP contribution in [0.1, 0.15) is 0 Å². The number of alkyl halides is 4. The first-order valence-electron chi connectivity index (χ1n) is 6.11. The maximum absolute atomic E-state index is 12.1. The lowest BCUT2D eigenvalue weighted by atomic mass is 10.0. The summed E-state index contributed by atoms with van der Waals surface area (Å²) in [6, 6.07) is -0.824. The highest BCUT2D eigenvalue weighted by molar-refractivity contribution is 8.00. The van der Waals surface area contributed by atoms with Crippen LogP contribution >= 0.6 is 58.2 Å². The van der Waals surface area contributed by atoms with E-state index in [2.05, 4.69) is 5.32 Å². The van der Waals surface area contributed by atoms with Crippen LogP contribution < -0.4 is 5.32 Å². The van der Waals surface area contributed by atoms with E-state index in [1.54, 1.807) is 0 Å². The van der Waals surface area contributed by atoms with Crippen molar-refractivity contribution in [2.75, 3.05) is 18.2 Å². The SMILES string of the molecule is O=C(CCl)NC1C(=O)N2C(C(=O)OCC(Cl)(Cl)Cl)=C(O)CS[C@@H]12. The Morgan fingerprint density at radius 2 is 2.09 bits per heavy atom. The molecule has 7 nitrogen and oxygen atoms in total. The lowest BCUT2D eigenvalue weighted by Crippen LogP contribution is -2.70. The third-order valence-corrected chi connectivity index (χ3v) is 4.78. The monoisotopic (exact) mass is 422 g/mol. The number of fused-ring (bicyclic) bond motifs is 1. The van der Waals surface area contributed by atoms with Gasteiger partial charge in [-0.2, -0.15) is 0 Å². The molecule has 0 radical (unpaired) electrons. The Morgan fingerprint density at radius 1 is 1.43 bits per heavy atom. The van der Waals surface area contributed by atoms with E-state index < -0.39 is 39.6 Å². The number of ether oxygens (including phenoxy) is 1. The summed E-state index contributed by atoms with van der Waals surface area (Å²) in [5, 5.41) is 11.8. The molecule has 0 aliphatic carbocycles. The van der Waals surface area contributed by atoms with Gasteiger partial charge in [-0.15, -0.1) is 23.4 Å². The van der Waals surface area contributed by atoms with Gasteiger partial charge < -0.3 is 15.2 Å². The highest BCUT2D eigenvalue weighted by Crippen LogP contribution is 2.40. The predicted molar refractivity (Wildman–Crippen MR) is 86.6 cm³/mol. The molecular weight excluding hydrogens is 414 g/mol. The van der Waals surface area contributed by atoms with E-state index in [4.69, 9.17) is 51.1 Å². The second-order valence-electron chi connectivity index (χ2n) is 4.58. The summed E-state index contributed by atoms with van der Waals surface area (Å²) < 4.78 is 2.98. The van der Waals surface area contributed by atoms with E-state index in [-0.39, 0.29) is 23.1 Å². The van der Waals surface area contributed by atoms with Gasteiger partial charge >= 0.3 is 5.97 Å². The first-order chi connectivity index (χ1) is 10.7. The van der Waals surface area contributed by atoms with Crippen molar-refractivity contribution in [3.8, 4) is 0 Å². The third-order valence-electron chi connectivity index (χ3n) is 2.95. The fourth-order valence-corrected chi connectivity index (χ4v) is 3.46. The molecule has 0 spiro atoms. The van der Waals surface area contributed by atoms with Crippen LogP contribution in [0.15, 0.2) is 11.5 Å². The summed E-state index contributed by atoms with van der Waals surface area (Å²) in [6.45, 7) is -0.542. The lowest BCUT2D eigenvalue weighted by Gasteiger charge is -2.48. The van der Waals surface area contributed by atoms with Crippen molar-refractivity contribution in [2.45, 2.75) is 15.2 Å². The number of aliphatic hydroxyl groups is 1. The van der Waals surface area contributed by atoms with Crippen molar-refractivity contribution < 1.29 is 24.2 Å². The molecule has 2 heterocycles. The summed E-state index contributed by atoms with van der Waals surface area (Å²) in [4.78, 5) is 36.5. The minimum Gasteiger partial charge on any atom is -0.509 e. The molecule has 0 aromatic carbocycles. The van der Waals surface area contributed by atoms with Gasteiger partial charge in [0.05, 0.1) is 5.75 Å². The van der Waals surface area contributed by atoms with Crippen LogP contribution in [0.4, 0.5) is 0 Å². The molecule has 2 amide bonds. The number of hydrogen-bond donors (Lipinski definition) is 2. The zero-order chi connectivity index (χ0) is 17.4. The number of amides is 2. The van der Waals surface area contributed by atoms with Crippen LogP contribution in [-0.4, -0.2) is 61.2 Å². The number of carbonyl (C=O) groups is 3. The predicted octanol–water partition coefficient (Wildman–Crippen LogP) is 1.31. The van der Waals surface area contributed by atoms with Crippen LogP contribution in [0, 0.1) is 0 Å². The zero-order valence-electron chi connectivity index (χ0n) is 11.2. The molecule has 0 aromatic rings. The molecule has 0 aromatic heterocycles. The maximum Gasteiger partial charge on any atom is 0.358 e. The van der Waals surface area contributed by atoms with Crippen LogP contribution in [0.25, 0.3) is 0 Å². The van der Waals surface area contributed by atoms with Crippen LogP contribution in [-0.2, 0) is 19.1 Å². The van der Waals surface area contributed by atoms with Crippen molar-refractivity contribution >= 4 is 75.9 Å². The van der Waals surface area contributed by atoms with Gasteiger partial charge in [0.25, 0.3) is 5.91 Å². The van der Waals surface area contributed by atoms with E-state index in [1.807, 2.05) is 0 Å². The average Bonchev–Trinajstić information content (AvgIpc) is 2.48. The topological polar surface area (TPSA) is 95.9 Å². The molecule has 0 bridgehead atoms. The Hall–Kier alpha value is -0.540. The van der Waals surface area contributed by atoms with Gasteiger partial charge in [0.1, 0.15) is 29.7 Å². The Kier molecular flexibility index (Phi) is 5.84. The molecule has 1 fully saturated rings. The molecule has 2 aliphatic heterocycles. The largest absolute Gasteiger partial charge is 0.509 e. The van der Waals surface area contributed by atoms with Gasteiger partial charge in [-0.25, -0.2) is 4.79 Å². The van der Waals surface area contributed by atoms with Gasteiger partial charge in [-0.1, -0.05) is 34.8 Å². The Labute approximate surface area is 155 Å². The summed E-state index contributed by atoms with van der Waals surface area (Å²) in [7, 11) is 0. The molecule has 128 valence electrons. The molecule has 2 rings (SSSR count). The van der Waals surface area contributed by atoms with Crippen LogP contribution in [0.3, 0.4) is 0 Å². The fourth-order valence-electron chi connectivity index (χ4n) is 2.02. The number of nitrogens with one attached hydrogen (secondary N) is 1. The van der Waals surface area contributed by atoms with Crippen molar-refractivity contribution in [3.63, 3.8) is 0 Å². The first kappa shape index (κ1) is 18.8. The first-order valence-corrected chi connectivity index (χ1v) is 8.83. The van der Waals surface area contributed by atoms with Gasteiger partial charge in [0.2, 0.25) is 9.70 Å². The number of halogens is 4. The Bertz CT molecular complexity index is 579. The number of aliphatic hydroxyl groups excluding tert-OH is 1. The normalized spacial score (nSPS) is 24.0. The molecule has 23 heavy (non-hydrogen) atoms. The summed E-state index contributed by atoms with van der Waals surface area (Å²) in [5.41, 5.74) is -0.315. The maximum atomic E-state index is 12.1. The molecule has 12 heteroatoms. The van der Waals surface area contributed by atoms with Crippen LogP contribution in [0.5, 0.6) is 0 Å². The molecular formula is C11H10Cl4N2O5S. The molecule has 2 aliphatic rings. The minimum atomic E-state index is -1.82. The average molecular weight is 424 g/mol. The molecule has 1 unspecified atom stereocenters. The number of esters is 1. The van der Waals surface area contributed by atoms with Crippen molar-refractivity contribution in [1.29, 1.82) is 0 Å². The smallest absolute Gasteiger partial charge is 0.358 e. The van der Waals surface area contributed by atoms with Crippen molar-refractivity contribution in [1.82, 2.24) is 10.2 Å². The number of β-lactam (4-membered cyclic amide) rings is 1. The number of carbonyl (C=O) groups excluding carboxylic acids is 3. The number of thioether (sulfide) groups is 1. The van der Waals surface area contributed by atoms with Crippen molar-refractivity contribution in [3.05, 3.63) is 11.5 Å². The molecule has 1 saturated heterocycles. The fraction of sp³-hybridized carbons (Fsp3) is 0.545. The second-order valence-corrected chi connectivity index (χ2v) is 8.46. The van der Waals surface area contributed by atoms with E-state index in [1.165, 1.54) is 11.8 Å². The molecule has 2 atom stereocenters. The summed E-state index contributed by atoms with van der Waals surface area (Å²) in [6.07, 6.45) is 0. The quantitative estimate of drug-likeness (QED) is 0.402. The molecule has 0 saturated carbocycles. The van der Waals surface area contributed by atoms with E-state index in [0.29, 0.717) is 0 Å². The third kappa shape index (κ3) is 4.11. The number of nitrogens with zero attached hydrogens (tertiary/aromatic N) is 1. The van der Waals surface area contributed by atoms with E-state index >= 15 is 0 Å². The Balaban J connectivity index is 2.11. The summed E-state index contributed by atoms with van der Waals surface area (Å²) >= 11 is 23.0. The van der Waals surface area contributed by atoms with E-state index in [9.17, 15) is 19.5 Å². The molecule has 2 N–H and O–H groups in total. The van der Waals surface area contributed by atoms with Crippen molar-refractivity contribution in [2.24, 2.45) is 0 Å². The Morgan fingerprint density at radius 3 is 2.65 bits per heavy atom. The van der Waals surface area contributed by atoms with Gasteiger partial charge in [-0.05, 0) is 0 Å². The van der Waals surface area contributed by atoms with E-state index in [0.717, 1.165) is 4.90 Å². The highest BCUT2D eigenvalue weighted by atomic mass is 35.6. The van der Waals surface area contributed by atoms with Crippen LogP contribution in [0.2, 0.25) is 0 Å². The highest BCUT2D eigenvalue weighted by Gasteiger charge is 2.54. The minimum absolute atomic E-state index is 0.0693.